The molecule has 1 aromatic rings. The maximum Gasteiger partial charge on any atom is 0.242 e. The maximum absolute atomic E-state index is 12.5. The van der Waals surface area contributed by atoms with E-state index < -0.39 is 10.0 Å². The Kier molecular flexibility index (Phi) is 7.56. The highest BCUT2D eigenvalue weighted by atomic mass is 35.5. The smallest absolute Gasteiger partial charge is 0.242 e. The molecule has 2 aliphatic rings. The molecule has 29 heavy (non-hydrogen) atoms. The highest BCUT2D eigenvalue weighted by molar-refractivity contribution is 7.89. The molecule has 1 amide bonds. The van der Waals surface area contributed by atoms with Crippen LogP contribution in [0.2, 0.25) is 5.02 Å². The van der Waals surface area contributed by atoms with Crippen LogP contribution in [0.4, 0.5) is 5.69 Å². The maximum atomic E-state index is 12.5. The van der Waals surface area contributed by atoms with Crippen molar-refractivity contribution < 1.29 is 13.2 Å². The average Bonchev–Trinajstić information content (AvgIpc) is 3.34. The molecule has 1 unspecified atom stereocenters. The lowest BCUT2D eigenvalue weighted by Gasteiger charge is -2.28. The molecule has 1 atom stereocenters. The number of halogens is 1. The van der Waals surface area contributed by atoms with Crippen LogP contribution in [-0.4, -0.2) is 81.3 Å². The first kappa shape index (κ1) is 22.5. The Morgan fingerprint density at radius 3 is 2.62 bits per heavy atom. The number of hydrogen-bond donors (Lipinski definition) is 1. The molecule has 1 aromatic carbocycles. The van der Waals surface area contributed by atoms with E-state index in [2.05, 4.69) is 15.1 Å². The summed E-state index contributed by atoms with van der Waals surface area (Å²) < 4.78 is 25.8. The fourth-order valence-electron chi connectivity index (χ4n) is 4.09. The summed E-state index contributed by atoms with van der Waals surface area (Å²) in [5.74, 6) is -0.155. The minimum absolute atomic E-state index is 0.104. The summed E-state index contributed by atoms with van der Waals surface area (Å²) in [5.41, 5.74) is 0.328. The SMILES string of the molecule is CN(C)S(=O)(=O)c1ccc(Cl)c(NC(=O)CCN2CCCC2CN2CCCC2)c1. The molecule has 0 bridgehead atoms. The third-order valence-corrected chi connectivity index (χ3v) is 7.92. The van der Waals surface area contributed by atoms with Gasteiger partial charge in [0.1, 0.15) is 0 Å². The van der Waals surface area contributed by atoms with Crippen molar-refractivity contribution in [3.8, 4) is 0 Å². The van der Waals surface area contributed by atoms with Gasteiger partial charge in [-0.25, -0.2) is 12.7 Å². The number of hydrogen-bond acceptors (Lipinski definition) is 5. The van der Waals surface area contributed by atoms with Crippen molar-refractivity contribution in [3.63, 3.8) is 0 Å². The molecular weight excluding hydrogens is 412 g/mol. The Bertz CT molecular complexity index is 825. The van der Waals surface area contributed by atoms with E-state index in [4.69, 9.17) is 11.6 Å². The summed E-state index contributed by atoms with van der Waals surface area (Å²) in [4.78, 5) is 17.5. The quantitative estimate of drug-likeness (QED) is 0.669. The fourth-order valence-corrected chi connectivity index (χ4v) is 5.18. The largest absolute Gasteiger partial charge is 0.325 e. The Morgan fingerprint density at radius 1 is 1.21 bits per heavy atom. The van der Waals surface area contributed by atoms with E-state index in [1.54, 1.807) is 0 Å². The molecule has 0 spiro atoms. The molecule has 1 N–H and O–H groups in total. The monoisotopic (exact) mass is 442 g/mol. The minimum Gasteiger partial charge on any atom is -0.325 e. The number of likely N-dealkylation sites (tertiary alicyclic amines) is 2. The lowest BCUT2D eigenvalue weighted by atomic mass is 10.2. The van der Waals surface area contributed by atoms with Gasteiger partial charge in [0.15, 0.2) is 0 Å². The Balaban J connectivity index is 1.56. The van der Waals surface area contributed by atoms with Crippen molar-refractivity contribution in [3.05, 3.63) is 23.2 Å². The zero-order valence-corrected chi connectivity index (χ0v) is 18.8. The van der Waals surface area contributed by atoms with E-state index in [0.29, 0.717) is 29.7 Å². The van der Waals surface area contributed by atoms with Crippen LogP contribution >= 0.6 is 11.6 Å². The van der Waals surface area contributed by atoms with Gasteiger partial charge in [0.2, 0.25) is 15.9 Å². The predicted molar refractivity (Wildman–Crippen MR) is 116 cm³/mol. The van der Waals surface area contributed by atoms with Gasteiger partial charge in [-0.15, -0.1) is 0 Å². The van der Waals surface area contributed by atoms with Gasteiger partial charge in [-0.1, -0.05) is 11.6 Å². The number of benzene rings is 1. The third kappa shape index (κ3) is 5.70. The zero-order valence-electron chi connectivity index (χ0n) is 17.2. The van der Waals surface area contributed by atoms with Gasteiger partial charge in [0.05, 0.1) is 15.6 Å². The second-order valence-corrected chi connectivity index (χ2v) is 10.6. The van der Waals surface area contributed by atoms with E-state index in [0.717, 1.165) is 17.4 Å². The summed E-state index contributed by atoms with van der Waals surface area (Å²) in [6.07, 6.45) is 5.30. The normalized spacial score (nSPS) is 21.2. The van der Waals surface area contributed by atoms with Gasteiger partial charge in [0.25, 0.3) is 0 Å². The molecule has 0 aliphatic carbocycles. The molecule has 7 nitrogen and oxygen atoms in total. The number of carbonyl (C=O) groups excluding carboxylic acids is 1. The molecule has 2 saturated heterocycles. The van der Waals surface area contributed by atoms with Gasteiger partial charge in [-0.2, -0.15) is 0 Å². The first-order valence-electron chi connectivity index (χ1n) is 10.3. The Labute approximate surface area is 179 Å². The van der Waals surface area contributed by atoms with Crippen LogP contribution in [0.25, 0.3) is 0 Å². The van der Waals surface area contributed by atoms with E-state index >= 15 is 0 Å². The first-order chi connectivity index (χ1) is 13.8. The lowest BCUT2D eigenvalue weighted by Crippen LogP contribution is -2.40. The third-order valence-electron chi connectivity index (χ3n) is 5.78. The number of anilines is 1. The molecular formula is C20H31ClN4O3S. The van der Waals surface area contributed by atoms with Crippen molar-refractivity contribution >= 4 is 33.2 Å². The highest BCUT2D eigenvalue weighted by Gasteiger charge is 2.27. The standard InChI is InChI=1S/C20H31ClN4O3S/c1-23(2)29(27,28)17-7-8-18(21)19(14-17)22-20(26)9-13-25-12-5-6-16(25)15-24-10-3-4-11-24/h7-8,14,16H,3-6,9-13,15H2,1-2H3,(H,22,26). The van der Waals surface area contributed by atoms with E-state index in [-0.39, 0.29) is 10.8 Å². The van der Waals surface area contributed by atoms with E-state index in [1.807, 2.05) is 0 Å². The van der Waals surface area contributed by atoms with Crippen LogP contribution in [0.3, 0.4) is 0 Å². The van der Waals surface area contributed by atoms with Gasteiger partial charge >= 0.3 is 0 Å². The van der Waals surface area contributed by atoms with Crippen molar-refractivity contribution in [2.75, 3.05) is 52.1 Å². The molecule has 0 radical (unpaired) electrons. The number of nitrogens with one attached hydrogen (secondary N) is 1. The molecule has 162 valence electrons. The van der Waals surface area contributed by atoms with Crippen molar-refractivity contribution in [1.82, 2.24) is 14.1 Å². The number of carbonyl (C=O) groups is 1. The topological polar surface area (TPSA) is 73.0 Å². The fraction of sp³-hybridized carbons (Fsp3) is 0.650. The summed E-state index contributed by atoms with van der Waals surface area (Å²) in [5, 5.41) is 3.11. The van der Waals surface area contributed by atoms with Gasteiger partial charge < -0.3 is 10.2 Å². The van der Waals surface area contributed by atoms with Gasteiger partial charge in [0, 0.05) is 39.6 Å². The summed E-state index contributed by atoms with van der Waals surface area (Å²) >= 11 is 6.18. The second kappa shape index (κ2) is 9.75. The van der Waals surface area contributed by atoms with Crippen molar-refractivity contribution in [2.24, 2.45) is 0 Å². The molecule has 9 heteroatoms. The highest BCUT2D eigenvalue weighted by Crippen LogP contribution is 2.27. The molecule has 2 heterocycles. The summed E-state index contributed by atoms with van der Waals surface area (Å²) in [6.45, 7) is 5.21. The van der Waals surface area contributed by atoms with Crippen LogP contribution in [-0.2, 0) is 14.8 Å². The Morgan fingerprint density at radius 2 is 1.93 bits per heavy atom. The number of sulfonamides is 1. The van der Waals surface area contributed by atoms with Crippen LogP contribution < -0.4 is 5.32 Å². The second-order valence-electron chi connectivity index (χ2n) is 8.07. The predicted octanol–water partition coefficient (Wildman–Crippen LogP) is 2.48. The molecule has 2 fully saturated rings. The first-order valence-corrected chi connectivity index (χ1v) is 12.1. The molecule has 0 saturated carbocycles. The zero-order chi connectivity index (χ0) is 21.0. The number of amides is 1. The van der Waals surface area contributed by atoms with Crippen molar-refractivity contribution in [1.29, 1.82) is 0 Å². The van der Waals surface area contributed by atoms with Crippen LogP contribution in [0.5, 0.6) is 0 Å². The Hall–Kier alpha value is -1.19. The number of nitrogens with zero attached hydrogens (tertiary/aromatic N) is 3. The van der Waals surface area contributed by atoms with Crippen LogP contribution in [0.15, 0.2) is 23.1 Å². The van der Waals surface area contributed by atoms with Gasteiger partial charge in [-0.3, -0.25) is 9.69 Å². The minimum atomic E-state index is -3.59. The summed E-state index contributed by atoms with van der Waals surface area (Å²) in [6, 6.07) is 4.89. The van der Waals surface area contributed by atoms with Gasteiger partial charge in [-0.05, 0) is 63.5 Å². The average molecular weight is 443 g/mol. The summed E-state index contributed by atoms with van der Waals surface area (Å²) in [7, 11) is -0.648. The lowest BCUT2D eigenvalue weighted by molar-refractivity contribution is -0.116. The molecule has 0 aromatic heterocycles. The molecule has 3 rings (SSSR count). The number of rotatable bonds is 8. The van der Waals surface area contributed by atoms with Crippen molar-refractivity contribution in [2.45, 2.75) is 43.0 Å². The van der Waals surface area contributed by atoms with Crippen LogP contribution in [0, 0.1) is 0 Å². The van der Waals surface area contributed by atoms with E-state index in [1.165, 1.54) is 71.1 Å². The van der Waals surface area contributed by atoms with E-state index in [9.17, 15) is 13.2 Å². The molecule has 2 aliphatic heterocycles. The van der Waals surface area contributed by atoms with Crippen LogP contribution in [0.1, 0.15) is 32.1 Å².